The summed E-state index contributed by atoms with van der Waals surface area (Å²) in [4.78, 5) is 19.1. The number of hydrogen-bond donors (Lipinski definition) is 3. The molecule has 0 saturated carbocycles. The summed E-state index contributed by atoms with van der Waals surface area (Å²) in [5.74, 6) is 0. The Morgan fingerprint density at radius 3 is 1.23 bits per heavy atom. The molecule has 0 unspecified atom stereocenters. The van der Waals surface area contributed by atoms with Crippen molar-refractivity contribution in [3.63, 3.8) is 0 Å². The molecule has 0 spiro atoms. The Morgan fingerprint density at radius 1 is 0.682 bits per heavy atom. The highest BCUT2D eigenvalue weighted by molar-refractivity contribution is 7.48. The maximum Gasteiger partial charge on any atom is 0.474 e. The number of rotatable bonds is 6. The first kappa shape index (κ1) is 45.2. The molecule has 3 aliphatic heterocycles. The van der Waals surface area contributed by atoms with Crippen molar-refractivity contribution < 1.29 is 47.7 Å². The van der Waals surface area contributed by atoms with E-state index < -0.39 is 7.82 Å². The maximum absolute atomic E-state index is 10.9. The molecule has 266 valence electrons. The number of aliphatic hydroxyl groups is 3. The number of ether oxygens (including phenoxy) is 2. The zero-order chi connectivity index (χ0) is 35.0. The molecule has 0 aromatic carbocycles. The minimum atomic E-state index is -3.36. The van der Waals surface area contributed by atoms with Crippen LogP contribution >= 0.6 is 7.82 Å². The van der Waals surface area contributed by atoms with Crippen molar-refractivity contribution in [2.45, 2.75) is 77.7 Å². The summed E-state index contributed by atoms with van der Waals surface area (Å²) in [6.07, 6.45) is 0. The van der Waals surface area contributed by atoms with Crippen molar-refractivity contribution >= 4 is 13.9 Å². The molecule has 0 bridgehead atoms. The van der Waals surface area contributed by atoms with Gasteiger partial charge in [-0.25, -0.2) is 9.36 Å². The Kier molecular flexibility index (Phi) is 20.9. The SMILES string of the molecule is CC1(C)OCCOC1(C)C.CN1CCN(C)C(C)(C)C1(C)C.CN1CCN(C)C1=O.COP(=O)(OC)OCCO.OCCO. The molecular weight excluding hydrogens is 595 g/mol. The normalized spacial score (nSPS) is 22.2. The second-order valence-electron chi connectivity index (χ2n) is 12.6. The van der Waals surface area contributed by atoms with Gasteiger partial charge in [0.05, 0.1) is 50.8 Å². The van der Waals surface area contributed by atoms with Crippen molar-refractivity contribution in [1.29, 1.82) is 0 Å². The van der Waals surface area contributed by atoms with Crippen molar-refractivity contribution in [3.05, 3.63) is 0 Å². The Labute approximate surface area is 267 Å². The van der Waals surface area contributed by atoms with E-state index in [1.807, 2.05) is 14.1 Å². The van der Waals surface area contributed by atoms with Crippen LogP contribution in [0.15, 0.2) is 0 Å². The van der Waals surface area contributed by atoms with E-state index in [4.69, 9.17) is 24.8 Å². The lowest BCUT2D eigenvalue weighted by molar-refractivity contribution is -0.230. The van der Waals surface area contributed by atoms with Crippen LogP contribution in [0.5, 0.6) is 0 Å². The topological polar surface area (TPSA) is 154 Å². The Bertz CT molecular complexity index is 787. The highest BCUT2D eigenvalue weighted by Crippen LogP contribution is 2.47. The molecular formula is C29H65N4O10P. The van der Waals surface area contributed by atoms with Crippen LogP contribution in [0.3, 0.4) is 0 Å². The van der Waals surface area contributed by atoms with Gasteiger partial charge in [0.2, 0.25) is 0 Å². The van der Waals surface area contributed by atoms with Gasteiger partial charge < -0.3 is 34.6 Å². The summed E-state index contributed by atoms with van der Waals surface area (Å²) in [7, 11) is 7.12. The molecule has 0 aromatic rings. The number of phosphoric ester groups is 1. The minimum absolute atomic E-state index is 0.0566. The van der Waals surface area contributed by atoms with Crippen molar-refractivity contribution in [1.82, 2.24) is 19.6 Å². The third kappa shape index (κ3) is 14.3. The van der Waals surface area contributed by atoms with Gasteiger partial charge in [0, 0.05) is 65.6 Å². The molecule has 14 nitrogen and oxygen atoms in total. The maximum atomic E-state index is 10.9. The van der Waals surface area contributed by atoms with E-state index in [1.165, 1.54) is 27.3 Å². The van der Waals surface area contributed by atoms with Gasteiger partial charge in [-0.3, -0.25) is 23.4 Å². The average molecular weight is 661 g/mol. The Morgan fingerprint density at radius 2 is 1.02 bits per heavy atom. The lowest BCUT2D eigenvalue weighted by Crippen LogP contribution is -2.68. The predicted octanol–water partition coefficient (Wildman–Crippen LogP) is 2.36. The van der Waals surface area contributed by atoms with Gasteiger partial charge in [0.25, 0.3) is 0 Å². The largest absolute Gasteiger partial charge is 0.474 e. The molecule has 0 atom stereocenters. The van der Waals surface area contributed by atoms with Crippen molar-refractivity contribution in [2.24, 2.45) is 0 Å². The molecule has 0 aromatic heterocycles. The molecule has 3 saturated heterocycles. The third-order valence-electron chi connectivity index (χ3n) is 8.95. The lowest BCUT2D eigenvalue weighted by atomic mass is 9.78. The van der Waals surface area contributed by atoms with Gasteiger partial charge in [0.1, 0.15) is 0 Å². The van der Waals surface area contributed by atoms with Gasteiger partial charge in [-0.1, -0.05) is 0 Å². The smallest absolute Gasteiger partial charge is 0.394 e. The van der Waals surface area contributed by atoms with Gasteiger partial charge in [-0.2, -0.15) is 0 Å². The van der Waals surface area contributed by atoms with E-state index in [-0.39, 0.29) is 54.7 Å². The van der Waals surface area contributed by atoms with Gasteiger partial charge in [-0.05, 0) is 69.5 Å². The summed E-state index contributed by atoms with van der Waals surface area (Å²) >= 11 is 0. The number of phosphoric acid groups is 1. The number of carbonyl (C=O) groups excluding carboxylic acids is 1. The highest BCUT2D eigenvalue weighted by Gasteiger charge is 2.45. The van der Waals surface area contributed by atoms with E-state index >= 15 is 0 Å². The van der Waals surface area contributed by atoms with Crippen LogP contribution in [0.25, 0.3) is 0 Å². The van der Waals surface area contributed by atoms with Crippen molar-refractivity contribution in [2.75, 3.05) is 108 Å². The summed E-state index contributed by atoms with van der Waals surface area (Å²) in [6.45, 7) is 22.5. The van der Waals surface area contributed by atoms with Crippen LogP contribution < -0.4 is 0 Å². The number of carbonyl (C=O) groups is 1. The second kappa shape index (κ2) is 20.4. The number of likely N-dealkylation sites (N-methyl/N-ethyl adjacent to an activating group) is 4. The highest BCUT2D eigenvalue weighted by atomic mass is 31.2. The molecule has 3 fully saturated rings. The number of amides is 2. The summed E-state index contributed by atoms with van der Waals surface area (Å²) in [5, 5.41) is 23.5. The molecule has 3 heterocycles. The fourth-order valence-electron chi connectivity index (χ4n) is 3.85. The first-order chi connectivity index (χ1) is 20.1. The van der Waals surface area contributed by atoms with E-state index in [0.29, 0.717) is 0 Å². The van der Waals surface area contributed by atoms with Crippen LogP contribution in [0, 0.1) is 0 Å². The zero-order valence-electron chi connectivity index (χ0n) is 30.0. The number of aliphatic hydroxyl groups excluding tert-OH is 3. The van der Waals surface area contributed by atoms with Crippen LogP contribution in [-0.4, -0.2) is 171 Å². The summed E-state index contributed by atoms with van der Waals surface area (Å²) in [6, 6.07) is 0.130. The summed E-state index contributed by atoms with van der Waals surface area (Å²) < 4.78 is 35.4. The second-order valence-corrected chi connectivity index (χ2v) is 14.5. The van der Waals surface area contributed by atoms with E-state index in [9.17, 15) is 9.36 Å². The van der Waals surface area contributed by atoms with Gasteiger partial charge in [-0.15, -0.1) is 0 Å². The average Bonchev–Trinajstić information content (AvgIpc) is 3.26. The molecule has 0 radical (unpaired) electrons. The molecule has 44 heavy (non-hydrogen) atoms. The molecule has 15 heteroatoms. The third-order valence-corrected chi connectivity index (χ3v) is 10.3. The van der Waals surface area contributed by atoms with E-state index in [0.717, 1.165) is 26.3 Å². The lowest BCUT2D eigenvalue weighted by Gasteiger charge is -2.56. The first-order valence-corrected chi connectivity index (χ1v) is 16.4. The van der Waals surface area contributed by atoms with Crippen molar-refractivity contribution in [3.8, 4) is 0 Å². The monoisotopic (exact) mass is 660 g/mol. The van der Waals surface area contributed by atoms with Crippen LogP contribution in [-0.2, 0) is 27.6 Å². The van der Waals surface area contributed by atoms with Crippen LogP contribution in [0.4, 0.5) is 4.79 Å². The number of urea groups is 1. The molecule has 3 rings (SSSR count). The summed E-state index contributed by atoms with van der Waals surface area (Å²) in [5.41, 5.74) is 0.233. The molecule has 3 N–H and O–H groups in total. The Hall–Kier alpha value is -0.900. The van der Waals surface area contributed by atoms with Gasteiger partial charge >= 0.3 is 13.9 Å². The molecule has 3 aliphatic rings. The zero-order valence-corrected chi connectivity index (χ0v) is 30.9. The van der Waals surface area contributed by atoms with Gasteiger partial charge in [0.15, 0.2) is 0 Å². The first-order valence-electron chi connectivity index (χ1n) is 14.9. The quantitative estimate of drug-likeness (QED) is 0.359. The standard InChI is InChI=1S/C10H22N2.C8H16O2.C5H10N2O.C4H11O5P.C2H6O2/c1-9(2)10(3,4)12(6)8-7-11(9)5;1-7(2)8(3,4)10-6-5-9-7;1-6-3-4-7(2)5(6)8;1-7-10(6,8-2)9-4-3-5;3-1-2-4/h7-8H2,1-6H3;5-6H2,1-4H3;3-4H2,1-2H3;5H,3-4H2,1-2H3;3-4H,1-2H2. The number of piperazine rings is 1. The van der Waals surface area contributed by atoms with Crippen LogP contribution in [0.2, 0.25) is 0 Å². The fraction of sp³-hybridized carbons (Fsp3) is 0.966. The molecule has 0 aliphatic carbocycles. The minimum Gasteiger partial charge on any atom is -0.394 e. The van der Waals surface area contributed by atoms with E-state index in [2.05, 4.69) is 92.9 Å². The fourth-order valence-corrected chi connectivity index (χ4v) is 4.51. The predicted molar refractivity (Wildman–Crippen MR) is 173 cm³/mol. The number of hydrogen-bond acceptors (Lipinski definition) is 12. The van der Waals surface area contributed by atoms with Crippen LogP contribution in [0.1, 0.15) is 55.4 Å². The molecule has 2 amide bonds. The Balaban J connectivity index is 0. The number of nitrogens with zero attached hydrogens (tertiary/aromatic N) is 4. The van der Waals surface area contributed by atoms with E-state index in [1.54, 1.807) is 9.80 Å².